The zero-order chi connectivity index (χ0) is 23.6. The summed E-state index contributed by atoms with van der Waals surface area (Å²) < 4.78 is 22.5. The number of hydrogen-bond acceptors (Lipinski definition) is 7. The molecule has 3 aliphatic rings. The molecule has 34 heavy (non-hydrogen) atoms. The number of hydrogen-bond donors (Lipinski definition) is 1. The molecule has 0 spiro atoms. The first-order valence-electron chi connectivity index (χ1n) is 12.0. The van der Waals surface area contributed by atoms with Gasteiger partial charge in [-0.05, 0) is 57.0 Å². The molecule has 1 aromatic carbocycles. The number of halogens is 1. The minimum Gasteiger partial charge on any atom is -0.386 e. The van der Waals surface area contributed by atoms with Gasteiger partial charge in [-0.25, -0.2) is 19.0 Å². The molecule has 6 rings (SSSR count). The number of benzene rings is 1. The zero-order valence-corrected chi connectivity index (χ0v) is 19.9. The Balaban J connectivity index is 1.33. The first-order valence-corrected chi connectivity index (χ1v) is 12.0. The van der Waals surface area contributed by atoms with Crippen molar-refractivity contribution in [3.63, 3.8) is 0 Å². The van der Waals surface area contributed by atoms with Gasteiger partial charge in [-0.1, -0.05) is 0 Å². The molecule has 0 aliphatic carbocycles. The van der Waals surface area contributed by atoms with Crippen molar-refractivity contribution in [2.45, 2.75) is 50.9 Å². The van der Waals surface area contributed by atoms with Crippen molar-refractivity contribution < 1.29 is 14.2 Å². The van der Waals surface area contributed by atoms with Gasteiger partial charge in [0.05, 0.1) is 36.6 Å². The van der Waals surface area contributed by atoms with E-state index in [0.717, 1.165) is 54.0 Å². The van der Waals surface area contributed by atoms with Crippen LogP contribution in [0.1, 0.15) is 36.2 Å². The Morgan fingerprint density at radius 3 is 2.56 bits per heavy atom. The van der Waals surface area contributed by atoms with Crippen molar-refractivity contribution in [2.24, 2.45) is 0 Å². The first-order chi connectivity index (χ1) is 16.3. The minimum atomic E-state index is -0.908. The predicted molar refractivity (Wildman–Crippen MR) is 127 cm³/mol. The second-order valence-corrected chi connectivity index (χ2v) is 10.4. The average molecular weight is 467 g/mol. The molecule has 1 N–H and O–H groups in total. The zero-order valence-electron chi connectivity index (χ0n) is 19.9. The summed E-state index contributed by atoms with van der Waals surface area (Å²) in [7, 11) is 0. The Hall–Kier alpha value is -2.62. The summed E-state index contributed by atoms with van der Waals surface area (Å²) in [4.78, 5) is 13.5. The highest BCUT2D eigenvalue weighted by molar-refractivity contribution is 5.82. The van der Waals surface area contributed by atoms with Gasteiger partial charge < -0.3 is 14.7 Å². The third-order valence-electron chi connectivity index (χ3n) is 7.48. The predicted octanol–water partition coefficient (Wildman–Crippen LogP) is 2.53. The molecule has 9 heteroatoms. The molecule has 0 amide bonds. The van der Waals surface area contributed by atoms with Crippen LogP contribution < -0.4 is 4.90 Å². The number of anilines is 1. The Bertz CT molecular complexity index is 1230. The molecule has 3 aromatic rings. The number of aromatic nitrogens is 4. The maximum atomic E-state index is 15.4. The highest BCUT2D eigenvalue weighted by atomic mass is 19.1. The van der Waals surface area contributed by atoms with E-state index in [1.807, 2.05) is 35.7 Å². The number of rotatable bonds is 4. The van der Waals surface area contributed by atoms with Crippen LogP contribution in [0.15, 0.2) is 24.4 Å². The van der Waals surface area contributed by atoms with E-state index in [4.69, 9.17) is 4.74 Å². The molecule has 2 aromatic heterocycles. The van der Waals surface area contributed by atoms with Gasteiger partial charge in [-0.2, -0.15) is 5.10 Å². The summed E-state index contributed by atoms with van der Waals surface area (Å²) in [6, 6.07) is 6.48. The molecule has 0 bridgehead atoms. The molecule has 180 valence electrons. The number of ether oxygens (including phenoxy) is 1. The van der Waals surface area contributed by atoms with Crippen LogP contribution >= 0.6 is 0 Å². The monoisotopic (exact) mass is 466 g/mol. The summed E-state index contributed by atoms with van der Waals surface area (Å²) in [5.41, 5.74) is 2.38. The third-order valence-corrected chi connectivity index (χ3v) is 7.48. The van der Waals surface area contributed by atoms with Crippen molar-refractivity contribution in [1.82, 2.24) is 24.6 Å². The fourth-order valence-corrected chi connectivity index (χ4v) is 5.58. The van der Waals surface area contributed by atoms with E-state index < -0.39 is 11.8 Å². The van der Waals surface area contributed by atoms with E-state index >= 15 is 4.39 Å². The highest BCUT2D eigenvalue weighted by Crippen LogP contribution is 2.36. The van der Waals surface area contributed by atoms with Crippen LogP contribution in [0.2, 0.25) is 0 Å². The average Bonchev–Trinajstić information content (AvgIpc) is 3.12. The maximum Gasteiger partial charge on any atom is 0.159 e. The van der Waals surface area contributed by atoms with Crippen LogP contribution in [0.4, 0.5) is 10.2 Å². The van der Waals surface area contributed by atoms with E-state index in [1.54, 1.807) is 0 Å². The Morgan fingerprint density at radius 1 is 1.12 bits per heavy atom. The van der Waals surface area contributed by atoms with Crippen molar-refractivity contribution in [3.8, 4) is 5.82 Å². The largest absolute Gasteiger partial charge is 0.386 e. The van der Waals surface area contributed by atoms with E-state index in [-0.39, 0.29) is 5.92 Å². The van der Waals surface area contributed by atoms with Gasteiger partial charge in [0.25, 0.3) is 0 Å². The van der Waals surface area contributed by atoms with Crippen molar-refractivity contribution in [1.29, 1.82) is 0 Å². The molecule has 3 fully saturated rings. The SMILES string of the molecule is Cc1nc(N2CC(C)(O)C2)cc(-n2ncc3cc(C)c([C@@H]4CCN(C5COC5)C[C@@H]4F)cc32)n1. The van der Waals surface area contributed by atoms with Crippen LogP contribution in [0, 0.1) is 13.8 Å². The number of nitrogens with zero attached hydrogens (tertiary/aromatic N) is 6. The van der Waals surface area contributed by atoms with Crippen molar-refractivity contribution in [2.75, 3.05) is 44.3 Å². The van der Waals surface area contributed by atoms with Gasteiger partial charge in [-0.15, -0.1) is 0 Å². The van der Waals surface area contributed by atoms with Gasteiger partial charge >= 0.3 is 0 Å². The third kappa shape index (κ3) is 3.76. The smallest absolute Gasteiger partial charge is 0.159 e. The normalized spacial score (nSPS) is 25.4. The number of β-amino-alcohol motifs (C(OH)–C–C–N with tert-alkyl or cyclic N) is 1. The Labute approximate surface area is 198 Å². The molecule has 8 nitrogen and oxygen atoms in total. The number of fused-ring (bicyclic) bond motifs is 1. The van der Waals surface area contributed by atoms with E-state index in [1.165, 1.54) is 0 Å². The molecule has 0 radical (unpaired) electrons. The molecule has 5 heterocycles. The van der Waals surface area contributed by atoms with Crippen LogP contribution in [0.3, 0.4) is 0 Å². The van der Waals surface area contributed by atoms with Gasteiger partial charge in [0.2, 0.25) is 0 Å². The Kier molecular flexibility index (Phi) is 5.13. The van der Waals surface area contributed by atoms with Gasteiger partial charge in [0, 0.05) is 37.0 Å². The maximum absolute atomic E-state index is 15.4. The summed E-state index contributed by atoms with van der Waals surface area (Å²) in [5, 5.41) is 15.8. The second-order valence-electron chi connectivity index (χ2n) is 10.4. The molecule has 2 atom stereocenters. The summed E-state index contributed by atoms with van der Waals surface area (Å²) in [5.74, 6) is 1.97. The lowest BCUT2D eigenvalue weighted by atomic mass is 9.84. The standard InChI is InChI=1S/C25H31FN6O2/c1-15-6-17-9-27-32(24-8-23(28-16(2)29-24)31-13-25(3,33)14-31)22(17)7-20(15)19-4-5-30(10-21(19)26)18-11-34-12-18/h6-9,18-19,21,33H,4-5,10-14H2,1-3H3/t19-,21-/m0/s1. The Morgan fingerprint density at radius 2 is 1.88 bits per heavy atom. The number of aliphatic hydroxyl groups is 1. The molecule has 0 saturated carbocycles. The lowest BCUT2D eigenvalue weighted by Crippen LogP contribution is -2.60. The highest BCUT2D eigenvalue weighted by Gasteiger charge is 2.38. The number of likely N-dealkylation sites (tertiary alicyclic amines) is 1. The van der Waals surface area contributed by atoms with E-state index in [2.05, 4.69) is 39.0 Å². The van der Waals surface area contributed by atoms with E-state index in [0.29, 0.717) is 37.3 Å². The van der Waals surface area contributed by atoms with Gasteiger partial charge in [0.15, 0.2) is 5.82 Å². The minimum absolute atomic E-state index is 0.129. The van der Waals surface area contributed by atoms with E-state index in [9.17, 15) is 5.11 Å². The molecular weight excluding hydrogens is 435 g/mol. The summed E-state index contributed by atoms with van der Waals surface area (Å²) in [6.07, 6.45) is 1.72. The number of aryl methyl sites for hydroxylation is 2. The van der Waals surface area contributed by atoms with Crippen molar-refractivity contribution >= 4 is 16.7 Å². The molecule has 3 aliphatic heterocycles. The van der Waals surface area contributed by atoms with Crippen LogP contribution in [-0.2, 0) is 4.74 Å². The van der Waals surface area contributed by atoms with Crippen LogP contribution in [0.25, 0.3) is 16.7 Å². The fraction of sp³-hybridized carbons (Fsp3) is 0.560. The molecule has 3 saturated heterocycles. The van der Waals surface area contributed by atoms with Gasteiger partial charge in [0.1, 0.15) is 17.8 Å². The summed E-state index contributed by atoms with van der Waals surface area (Å²) in [6.45, 7) is 9.62. The second kappa shape index (κ2) is 7.96. The summed E-state index contributed by atoms with van der Waals surface area (Å²) >= 11 is 0. The fourth-order valence-electron chi connectivity index (χ4n) is 5.58. The lowest BCUT2D eigenvalue weighted by Gasteiger charge is -2.45. The van der Waals surface area contributed by atoms with Crippen LogP contribution in [-0.4, -0.2) is 87.0 Å². The van der Waals surface area contributed by atoms with Crippen molar-refractivity contribution in [3.05, 3.63) is 41.3 Å². The first kappa shape index (κ1) is 21.9. The molecular formula is C25H31FN6O2. The number of alkyl halides is 1. The lowest BCUT2D eigenvalue weighted by molar-refractivity contribution is -0.0807. The topological polar surface area (TPSA) is 79.5 Å². The number of piperidine rings is 1. The van der Waals surface area contributed by atoms with Gasteiger partial charge in [-0.3, -0.25) is 4.90 Å². The van der Waals surface area contributed by atoms with Crippen LogP contribution in [0.5, 0.6) is 0 Å². The quantitative estimate of drug-likeness (QED) is 0.633. The molecule has 0 unspecified atom stereocenters.